The summed E-state index contributed by atoms with van der Waals surface area (Å²) in [6.45, 7) is 3.69. The molecule has 0 aromatic heterocycles. The number of para-hydroxylation sites is 1. The minimum absolute atomic E-state index is 0.0512. The summed E-state index contributed by atoms with van der Waals surface area (Å²) in [5, 5.41) is 6.44. The Bertz CT molecular complexity index is 900. The smallest absolute Gasteiger partial charge is 0.253 e. The topological polar surface area (TPSA) is 61.4 Å². The summed E-state index contributed by atoms with van der Waals surface area (Å²) in [5.74, 6) is 0.403. The molecule has 170 valence electrons. The molecule has 1 unspecified atom stereocenters. The number of hydrogen-bond donors (Lipinski definition) is 2. The second kappa shape index (κ2) is 10.7. The molecule has 1 aliphatic carbocycles. The number of piperidine rings is 1. The molecule has 2 aliphatic rings. The van der Waals surface area contributed by atoms with Crippen LogP contribution in [-0.2, 0) is 4.79 Å². The number of rotatable bonds is 6. The highest BCUT2D eigenvalue weighted by Gasteiger charge is 2.27. The van der Waals surface area contributed by atoms with E-state index < -0.39 is 0 Å². The molecule has 4 rings (SSSR count). The number of nitrogens with one attached hydrogen (secondary N) is 2. The van der Waals surface area contributed by atoms with Gasteiger partial charge in [-0.1, -0.05) is 61.7 Å². The van der Waals surface area contributed by atoms with Crippen LogP contribution >= 0.6 is 0 Å². The summed E-state index contributed by atoms with van der Waals surface area (Å²) in [4.78, 5) is 28.0. The number of amides is 2. The summed E-state index contributed by atoms with van der Waals surface area (Å²) in [5.41, 5.74) is 2.77. The molecule has 1 atom stereocenters. The summed E-state index contributed by atoms with van der Waals surface area (Å²) in [7, 11) is 0. The van der Waals surface area contributed by atoms with Gasteiger partial charge in [-0.3, -0.25) is 9.59 Å². The molecule has 5 nitrogen and oxygen atoms in total. The van der Waals surface area contributed by atoms with Gasteiger partial charge in [-0.15, -0.1) is 0 Å². The molecule has 5 heteroatoms. The number of carbonyl (C=O) groups is 2. The van der Waals surface area contributed by atoms with Crippen molar-refractivity contribution in [2.24, 2.45) is 5.92 Å². The molecule has 2 fully saturated rings. The van der Waals surface area contributed by atoms with Gasteiger partial charge in [0.1, 0.15) is 0 Å². The lowest BCUT2D eigenvalue weighted by Crippen LogP contribution is -2.47. The van der Waals surface area contributed by atoms with Crippen molar-refractivity contribution >= 4 is 17.5 Å². The number of hydrogen-bond acceptors (Lipinski definition) is 3. The van der Waals surface area contributed by atoms with E-state index in [9.17, 15) is 9.59 Å². The van der Waals surface area contributed by atoms with Crippen molar-refractivity contribution in [2.45, 2.75) is 64.0 Å². The summed E-state index contributed by atoms with van der Waals surface area (Å²) in [6, 6.07) is 18.0. The lowest BCUT2D eigenvalue weighted by atomic mass is 9.88. The molecule has 2 aromatic rings. The van der Waals surface area contributed by atoms with Crippen molar-refractivity contribution < 1.29 is 9.59 Å². The Kier molecular flexibility index (Phi) is 7.46. The van der Waals surface area contributed by atoms with E-state index in [0.29, 0.717) is 5.56 Å². The second-order valence-electron chi connectivity index (χ2n) is 9.23. The first-order valence-corrected chi connectivity index (χ1v) is 12.1. The zero-order chi connectivity index (χ0) is 22.3. The third-order valence-electron chi connectivity index (χ3n) is 6.95. The predicted molar refractivity (Wildman–Crippen MR) is 129 cm³/mol. The maximum atomic E-state index is 13.1. The molecule has 2 amide bonds. The van der Waals surface area contributed by atoms with Gasteiger partial charge in [-0.05, 0) is 50.3 Å². The van der Waals surface area contributed by atoms with E-state index >= 15 is 0 Å². The molecule has 2 aromatic carbocycles. The first kappa shape index (κ1) is 22.4. The fraction of sp³-hybridized carbons (Fsp3) is 0.481. The third-order valence-corrected chi connectivity index (χ3v) is 6.95. The summed E-state index contributed by atoms with van der Waals surface area (Å²) in [6.07, 6.45) is 7.52. The van der Waals surface area contributed by atoms with Crippen LogP contribution in [0.25, 0.3) is 0 Å². The van der Waals surface area contributed by atoms with E-state index in [1.807, 2.05) is 61.5 Å². The average molecular weight is 434 g/mol. The molecular weight excluding hydrogens is 398 g/mol. The first-order chi connectivity index (χ1) is 15.6. The molecular formula is C27H35N3O2. The number of nitrogens with zero attached hydrogens (tertiary/aromatic N) is 1. The van der Waals surface area contributed by atoms with Crippen molar-refractivity contribution in [1.29, 1.82) is 0 Å². The molecule has 1 heterocycles. The maximum Gasteiger partial charge on any atom is 0.253 e. The average Bonchev–Trinajstić information content (AvgIpc) is 2.85. The van der Waals surface area contributed by atoms with Crippen LogP contribution in [0.2, 0.25) is 0 Å². The van der Waals surface area contributed by atoms with Crippen molar-refractivity contribution in [3.05, 3.63) is 65.7 Å². The lowest BCUT2D eigenvalue weighted by Gasteiger charge is -2.35. The first-order valence-electron chi connectivity index (χ1n) is 12.1. The number of benzene rings is 2. The van der Waals surface area contributed by atoms with Crippen LogP contribution in [0.1, 0.15) is 73.8 Å². The van der Waals surface area contributed by atoms with Gasteiger partial charge in [-0.25, -0.2) is 0 Å². The Labute approximate surface area is 191 Å². The van der Waals surface area contributed by atoms with Crippen molar-refractivity contribution in [1.82, 2.24) is 10.6 Å². The van der Waals surface area contributed by atoms with Crippen LogP contribution in [0.15, 0.2) is 54.6 Å². The Hall–Kier alpha value is -2.82. The molecule has 1 saturated carbocycles. The van der Waals surface area contributed by atoms with Gasteiger partial charge in [0, 0.05) is 30.7 Å². The Morgan fingerprint density at radius 1 is 0.875 bits per heavy atom. The van der Waals surface area contributed by atoms with Gasteiger partial charge in [0.05, 0.1) is 11.6 Å². The highest BCUT2D eigenvalue weighted by Crippen LogP contribution is 2.27. The van der Waals surface area contributed by atoms with Crippen LogP contribution in [0.5, 0.6) is 0 Å². The fourth-order valence-corrected chi connectivity index (χ4v) is 4.99. The van der Waals surface area contributed by atoms with E-state index in [1.165, 1.54) is 19.3 Å². The van der Waals surface area contributed by atoms with E-state index in [4.69, 9.17) is 0 Å². The van der Waals surface area contributed by atoms with E-state index in [1.54, 1.807) is 0 Å². The van der Waals surface area contributed by atoms with E-state index in [0.717, 1.165) is 50.0 Å². The molecule has 0 bridgehead atoms. The minimum atomic E-state index is -0.0579. The van der Waals surface area contributed by atoms with E-state index in [-0.39, 0.29) is 29.8 Å². The van der Waals surface area contributed by atoms with Crippen LogP contribution < -0.4 is 15.5 Å². The molecule has 2 N–H and O–H groups in total. The highest BCUT2D eigenvalue weighted by atomic mass is 16.2. The van der Waals surface area contributed by atoms with Gasteiger partial charge in [0.2, 0.25) is 5.91 Å². The van der Waals surface area contributed by atoms with Gasteiger partial charge in [-0.2, -0.15) is 0 Å². The second-order valence-corrected chi connectivity index (χ2v) is 9.23. The van der Waals surface area contributed by atoms with Crippen LogP contribution in [0, 0.1) is 5.92 Å². The van der Waals surface area contributed by atoms with Crippen LogP contribution in [0.3, 0.4) is 0 Å². The Morgan fingerprint density at radius 3 is 2.25 bits per heavy atom. The van der Waals surface area contributed by atoms with Gasteiger partial charge < -0.3 is 15.5 Å². The van der Waals surface area contributed by atoms with Crippen LogP contribution in [0.4, 0.5) is 5.69 Å². The molecule has 32 heavy (non-hydrogen) atoms. The maximum absolute atomic E-state index is 13.1. The monoisotopic (exact) mass is 433 g/mol. The zero-order valence-electron chi connectivity index (χ0n) is 19.1. The predicted octanol–water partition coefficient (Wildman–Crippen LogP) is 4.84. The normalized spacial score (nSPS) is 18.7. The van der Waals surface area contributed by atoms with Gasteiger partial charge in [0.15, 0.2) is 0 Å². The molecule has 0 radical (unpaired) electrons. The summed E-state index contributed by atoms with van der Waals surface area (Å²) < 4.78 is 0. The highest BCUT2D eigenvalue weighted by molar-refractivity contribution is 6.00. The minimum Gasteiger partial charge on any atom is -0.371 e. The quantitative estimate of drug-likeness (QED) is 0.685. The number of anilines is 1. The fourth-order valence-electron chi connectivity index (χ4n) is 4.99. The Balaban J connectivity index is 1.35. The molecule has 0 spiro atoms. The largest absolute Gasteiger partial charge is 0.371 e. The molecule has 1 aliphatic heterocycles. The number of carbonyl (C=O) groups excluding carboxylic acids is 2. The zero-order valence-corrected chi connectivity index (χ0v) is 19.1. The van der Waals surface area contributed by atoms with Crippen molar-refractivity contribution in [3.63, 3.8) is 0 Å². The van der Waals surface area contributed by atoms with Gasteiger partial charge in [0.25, 0.3) is 5.91 Å². The van der Waals surface area contributed by atoms with E-state index in [2.05, 4.69) is 15.5 Å². The van der Waals surface area contributed by atoms with Gasteiger partial charge >= 0.3 is 0 Å². The lowest BCUT2D eigenvalue weighted by molar-refractivity contribution is -0.126. The standard InChI is InChI=1S/C27H35N3O2/c1-20(21-10-4-2-5-11-21)28-27(32)24-14-8-9-15-25(24)30-18-16-23(17-19-30)29-26(31)22-12-6-3-7-13-22/h2,4-5,8-11,14-15,20,22-23H,3,6-7,12-13,16-19H2,1H3,(H,28,32)(H,29,31). The third kappa shape index (κ3) is 5.50. The Morgan fingerprint density at radius 2 is 1.53 bits per heavy atom. The van der Waals surface area contributed by atoms with Crippen LogP contribution in [-0.4, -0.2) is 30.9 Å². The van der Waals surface area contributed by atoms with Crippen molar-refractivity contribution in [3.8, 4) is 0 Å². The molecule has 1 saturated heterocycles. The SMILES string of the molecule is CC(NC(=O)c1ccccc1N1CCC(NC(=O)C2CCCCC2)CC1)c1ccccc1. The summed E-state index contributed by atoms with van der Waals surface area (Å²) >= 11 is 0. The van der Waals surface area contributed by atoms with Crippen molar-refractivity contribution in [2.75, 3.05) is 18.0 Å².